The van der Waals surface area contributed by atoms with Gasteiger partial charge in [-0.3, -0.25) is 9.59 Å². The molecule has 32 heavy (non-hydrogen) atoms. The molecule has 0 aliphatic carbocycles. The van der Waals surface area contributed by atoms with Crippen LogP contribution in [0.5, 0.6) is 5.75 Å². The number of benzene rings is 2. The molecule has 0 saturated carbocycles. The van der Waals surface area contributed by atoms with Crippen molar-refractivity contribution >= 4 is 23.5 Å². The van der Waals surface area contributed by atoms with Crippen molar-refractivity contribution in [1.29, 1.82) is 0 Å². The summed E-state index contributed by atoms with van der Waals surface area (Å²) in [7, 11) is 1.60. The monoisotopic (exact) mass is 440 g/mol. The maximum Gasteiger partial charge on any atom is 0.340 e. The van der Waals surface area contributed by atoms with Gasteiger partial charge in [0.25, 0.3) is 5.91 Å². The molecule has 2 aromatic carbocycles. The van der Waals surface area contributed by atoms with Crippen LogP contribution in [0.3, 0.4) is 0 Å². The van der Waals surface area contributed by atoms with Gasteiger partial charge in [0.2, 0.25) is 5.91 Å². The van der Waals surface area contributed by atoms with Crippen LogP contribution in [0.4, 0.5) is 5.69 Å². The van der Waals surface area contributed by atoms with E-state index in [1.165, 1.54) is 0 Å². The van der Waals surface area contributed by atoms with Gasteiger partial charge in [0.1, 0.15) is 5.75 Å². The Hall–Kier alpha value is -3.39. The predicted molar refractivity (Wildman–Crippen MR) is 119 cm³/mol. The van der Waals surface area contributed by atoms with E-state index in [-0.39, 0.29) is 36.5 Å². The first-order chi connectivity index (χ1) is 15.5. The van der Waals surface area contributed by atoms with Gasteiger partial charge in [0.05, 0.1) is 31.1 Å². The normalized spacial score (nSPS) is 15.7. The summed E-state index contributed by atoms with van der Waals surface area (Å²) < 4.78 is 15.8. The quantitative estimate of drug-likeness (QED) is 0.635. The minimum atomic E-state index is -0.661. The highest BCUT2D eigenvalue weighted by atomic mass is 16.5. The highest BCUT2D eigenvalue weighted by Gasteiger charge is 2.23. The highest BCUT2D eigenvalue weighted by Crippen LogP contribution is 2.18. The molecule has 2 aromatic rings. The number of aryl methyl sites for hydroxylation is 1. The molecule has 1 aliphatic heterocycles. The van der Waals surface area contributed by atoms with Gasteiger partial charge in [-0.15, -0.1) is 0 Å². The lowest BCUT2D eigenvalue weighted by atomic mass is 10.1. The van der Waals surface area contributed by atoms with Crippen LogP contribution in [0, 0.1) is 0 Å². The molecule has 0 radical (unpaired) electrons. The number of morpholine rings is 1. The van der Waals surface area contributed by atoms with Gasteiger partial charge in [-0.25, -0.2) is 4.79 Å². The second kappa shape index (κ2) is 11.3. The van der Waals surface area contributed by atoms with Crippen LogP contribution in [-0.4, -0.2) is 62.2 Å². The Morgan fingerprint density at radius 1 is 1.12 bits per heavy atom. The molecule has 1 N–H and O–H groups in total. The van der Waals surface area contributed by atoms with Crippen LogP contribution in [-0.2, 0) is 25.5 Å². The maximum absolute atomic E-state index is 12.6. The Bertz CT molecular complexity index is 944. The predicted octanol–water partition coefficient (Wildman–Crippen LogP) is 2.67. The second-order valence-corrected chi connectivity index (χ2v) is 7.54. The first kappa shape index (κ1) is 23.3. The van der Waals surface area contributed by atoms with E-state index in [2.05, 4.69) is 5.32 Å². The van der Waals surface area contributed by atoms with Crippen molar-refractivity contribution < 1.29 is 28.6 Å². The minimum absolute atomic E-state index is 0.0442. The second-order valence-electron chi connectivity index (χ2n) is 7.54. The van der Waals surface area contributed by atoms with Crippen LogP contribution in [0.1, 0.15) is 29.3 Å². The molecule has 2 amide bonds. The summed E-state index contributed by atoms with van der Waals surface area (Å²) >= 11 is 0. The zero-order chi connectivity index (χ0) is 22.9. The number of methoxy groups -OCH3 is 1. The van der Waals surface area contributed by atoms with Gasteiger partial charge in [-0.2, -0.15) is 0 Å². The molecule has 0 bridgehead atoms. The molecule has 1 saturated heterocycles. The molecule has 1 heterocycles. The molecule has 8 heteroatoms. The summed E-state index contributed by atoms with van der Waals surface area (Å²) in [4.78, 5) is 38.9. The fourth-order valence-electron chi connectivity index (χ4n) is 3.37. The molecule has 1 atom stereocenters. The van der Waals surface area contributed by atoms with Crippen LogP contribution in [0.25, 0.3) is 0 Å². The first-order valence-corrected chi connectivity index (χ1v) is 10.5. The topological polar surface area (TPSA) is 94.2 Å². The minimum Gasteiger partial charge on any atom is -0.497 e. The van der Waals surface area contributed by atoms with Crippen molar-refractivity contribution in [2.75, 3.05) is 38.7 Å². The molecule has 8 nitrogen and oxygen atoms in total. The highest BCUT2D eigenvalue weighted by molar-refractivity contribution is 6.01. The number of ether oxygens (including phenoxy) is 3. The third kappa shape index (κ3) is 6.55. The Morgan fingerprint density at radius 2 is 1.88 bits per heavy atom. The van der Waals surface area contributed by atoms with E-state index in [4.69, 9.17) is 14.2 Å². The van der Waals surface area contributed by atoms with Crippen LogP contribution in [0.2, 0.25) is 0 Å². The van der Waals surface area contributed by atoms with Gasteiger partial charge < -0.3 is 24.4 Å². The summed E-state index contributed by atoms with van der Waals surface area (Å²) in [6, 6.07) is 14.1. The molecule has 0 aromatic heterocycles. The van der Waals surface area contributed by atoms with Crippen molar-refractivity contribution in [3.05, 3.63) is 59.7 Å². The van der Waals surface area contributed by atoms with Gasteiger partial charge in [0, 0.05) is 19.5 Å². The Kier molecular flexibility index (Phi) is 8.21. The Labute approximate surface area is 187 Å². The maximum atomic E-state index is 12.6. The van der Waals surface area contributed by atoms with Crippen LogP contribution < -0.4 is 10.1 Å². The van der Waals surface area contributed by atoms with Crippen molar-refractivity contribution in [2.24, 2.45) is 0 Å². The molecule has 170 valence electrons. The van der Waals surface area contributed by atoms with Crippen molar-refractivity contribution in [1.82, 2.24) is 4.90 Å². The Balaban J connectivity index is 1.53. The third-order valence-corrected chi connectivity index (χ3v) is 5.14. The van der Waals surface area contributed by atoms with Gasteiger partial charge in [-0.1, -0.05) is 24.3 Å². The van der Waals surface area contributed by atoms with Gasteiger partial charge in [-0.05, 0) is 43.2 Å². The van der Waals surface area contributed by atoms with Gasteiger partial charge in [0.15, 0.2) is 6.61 Å². The first-order valence-electron chi connectivity index (χ1n) is 10.5. The fourth-order valence-corrected chi connectivity index (χ4v) is 3.37. The molecular formula is C24H28N2O6. The number of carbonyl (C=O) groups excluding carboxylic acids is 3. The average Bonchev–Trinajstić information content (AvgIpc) is 2.81. The van der Waals surface area contributed by atoms with E-state index in [1.807, 2.05) is 31.2 Å². The number of anilines is 1. The lowest BCUT2D eigenvalue weighted by Crippen LogP contribution is -2.46. The number of carbonyl (C=O) groups is 3. The zero-order valence-electron chi connectivity index (χ0n) is 18.3. The van der Waals surface area contributed by atoms with E-state index in [1.54, 1.807) is 36.3 Å². The Morgan fingerprint density at radius 3 is 2.59 bits per heavy atom. The van der Waals surface area contributed by atoms with Gasteiger partial charge >= 0.3 is 5.97 Å². The number of esters is 1. The lowest BCUT2D eigenvalue weighted by molar-refractivity contribution is -0.141. The van der Waals surface area contributed by atoms with Crippen molar-refractivity contribution in [2.45, 2.75) is 25.9 Å². The standard InChI is InChI=1S/C24H28N2O6/c1-17-15-26(13-14-31-17)23(28)16-32-24(29)20-5-3-4-6-21(20)25-22(27)12-9-18-7-10-19(30-2)11-8-18/h3-8,10-11,17H,9,12-16H2,1-2H3,(H,25,27). The lowest BCUT2D eigenvalue weighted by Gasteiger charge is -2.30. The molecule has 0 spiro atoms. The molecule has 1 aliphatic rings. The summed E-state index contributed by atoms with van der Waals surface area (Å²) in [5, 5.41) is 2.76. The van der Waals surface area contributed by atoms with Crippen LogP contribution in [0.15, 0.2) is 48.5 Å². The number of rotatable bonds is 8. The molecule has 1 fully saturated rings. The number of hydrogen-bond donors (Lipinski definition) is 1. The molecule has 3 rings (SSSR count). The average molecular weight is 440 g/mol. The largest absolute Gasteiger partial charge is 0.497 e. The smallest absolute Gasteiger partial charge is 0.340 e. The summed E-state index contributed by atoms with van der Waals surface area (Å²) in [5.41, 5.74) is 1.56. The SMILES string of the molecule is COc1ccc(CCC(=O)Nc2ccccc2C(=O)OCC(=O)N2CCOC(C)C2)cc1. The molecular weight excluding hydrogens is 412 g/mol. The van der Waals surface area contributed by atoms with E-state index in [0.717, 1.165) is 11.3 Å². The zero-order valence-corrected chi connectivity index (χ0v) is 18.3. The van der Waals surface area contributed by atoms with E-state index < -0.39 is 5.97 Å². The number of hydrogen-bond acceptors (Lipinski definition) is 6. The third-order valence-electron chi connectivity index (χ3n) is 5.14. The summed E-state index contributed by atoms with van der Waals surface area (Å²) in [5.74, 6) is -0.396. The van der Waals surface area contributed by atoms with Crippen molar-refractivity contribution in [3.8, 4) is 5.75 Å². The van der Waals surface area contributed by atoms with E-state index >= 15 is 0 Å². The summed E-state index contributed by atoms with van der Waals surface area (Å²) in [6.07, 6.45) is 0.760. The van der Waals surface area contributed by atoms with E-state index in [9.17, 15) is 14.4 Å². The number of para-hydroxylation sites is 1. The number of nitrogens with zero attached hydrogens (tertiary/aromatic N) is 1. The van der Waals surface area contributed by atoms with Crippen molar-refractivity contribution in [3.63, 3.8) is 0 Å². The number of amides is 2. The van der Waals surface area contributed by atoms with E-state index in [0.29, 0.717) is 31.8 Å². The van der Waals surface area contributed by atoms with Crippen LogP contribution >= 0.6 is 0 Å². The fraction of sp³-hybridized carbons (Fsp3) is 0.375. The number of nitrogens with one attached hydrogen (secondary N) is 1. The summed E-state index contributed by atoms with van der Waals surface area (Å²) in [6.45, 7) is 2.94. The molecule has 1 unspecified atom stereocenters.